The molecule has 0 fully saturated rings. The summed E-state index contributed by atoms with van der Waals surface area (Å²) in [6.45, 7) is 1.84. The molecule has 0 atom stereocenters. The molecule has 0 saturated carbocycles. The van der Waals surface area contributed by atoms with Crippen LogP contribution in [0.25, 0.3) is 0 Å². The molecule has 1 aromatic carbocycles. The molecule has 3 N–H and O–H groups in total. The molecule has 4 heteroatoms. The maximum absolute atomic E-state index is 9.50. The highest BCUT2D eigenvalue weighted by Crippen LogP contribution is 2.23. The van der Waals surface area contributed by atoms with Gasteiger partial charge in [0.1, 0.15) is 5.75 Å². The van der Waals surface area contributed by atoms with E-state index in [0.717, 1.165) is 9.13 Å². The van der Waals surface area contributed by atoms with Gasteiger partial charge in [0.15, 0.2) is 0 Å². The van der Waals surface area contributed by atoms with E-state index in [9.17, 15) is 5.11 Å². The van der Waals surface area contributed by atoms with Gasteiger partial charge in [-0.15, -0.1) is 0 Å². The minimum absolute atomic E-state index is 0.240. The molecule has 0 aliphatic rings. The van der Waals surface area contributed by atoms with Crippen LogP contribution in [0.3, 0.4) is 0 Å². The van der Waals surface area contributed by atoms with Crippen LogP contribution in [-0.4, -0.2) is 11.3 Å². The number of hydrogen-bond acceptors (Lipinski definition) is 3. The topological polar surface area (TPSA) is 58.6 Å². The standard InChI is InChI=1S/C8H9IN2O/c1-5-2-7(9)3-6(4-11-10)8(5)12/h2-4,12H,10H2,1H3. The monoisotopic (exact) mass is 276 g/mol. The summed E-state index contributed by atoms with van der Waals surface area (Å²) >= 11 is 2.17. The van der Waals surface area contributed by atoms with Crippen molar-refractivity contribution in [2.75, 3.05) is 0 Å². The molecule has 0 aliphatic heterocycles. The Bertz CT molecular complexity index is 323. The van der Waals surface area contributed by atoms with E-state index in [0.29, 0.717) is 5.56 Å². The largest absolute Gasteiger partial charge is 0.507 e. The van der Waals surface area contributed by atoms with Crippen molar-refractivity contribution in [1.82, 2.24) is 0 Å². The molecule has 0 amide bonds. The Balaban J connectivity index is 3.27. The fraction of sp³-hybridized carbons (Fsp3) is 0.125. The average Bonchev–Trinajstić information content (AvgIpc) is 2.00. The predicted octanol–water partition coefficient (Wildman–Crippen LogP) is 1.60. The minimum Gasteiger partial charge on any atom is -0.507 e. The van der Waals surface area contributed by atoms with Gasteiger partial charge in [-0.1, -0.05) is 0 Å². The SMILES string of the molecule is Cc1cc(I)cc(C=NN)c1O. The average molecular weight is 276 g/mol. The van der Waals surface area contributed by atoms with Crippen molar-refractivity contribution in [3.8, 4) is 5.75 Å². The molecule has 1 aromatic rings. The predicted molar refractivity (Wildman–Crippen MR) is 57.3 cm³/mol. The smallest absolute Gasteiger partial charge is 0.127 e. The van der Waals surface area contributed by atoms with Gasteiger partial charge in [0.2, 0.25) is 0 Å². The fourth-order valence-corrected chi connectivity index (χ4v) is 1.74. The van der Waals surface area contributed by atoms with Crippen LogP contribution in [0.15, 0.2) is 17.2 Å². The summed E-state index contributed by atoms with van der Waals surface area (Å²) < 4.78 is 1.05. The highest BCUT2D eigenvalue weighted by Gasteiger charge is 2.02. The number of rotatable bonds is 1. The van der Waals surface area contributed by atoms with Crippen LogP contribution in [0, 0.1) is 10.5 Å². The first-order chi connectivity index (χ1) is 5.65. The molecule has 0 saturated heterocycles. The van der Waals surface area contributed by atoms with Crippen molar-refractivity contribution in [3.05, 3.63) is 26.8 Å². The third-order valence-electron chi connectivity index (χ3n) is 1.51. The number of hydrazone groups is 1. The molecule has 0 aromatic heterocycles. The number of hydrogen-bond donors (Lipinski definition) is 2. The van der Waals surface area contributed by atoms with Crippen LogP contribution in [0.4, 0.5) is 0 Å². The van der Waals surface area contributed by atoms with Gasteiger partial charge >= 0.3 is 0 Å². The van der Waals surface area contributed by atoms with Gasteiger partial charge in [-0.3, -0.25) is 0 Å². The second-order valence-corrected chi connectivity index (χ2v) is 3.68. The van der Waals surface area contributed by atoms with E-state index in [2.05, 4.69) is 27.7 Å². The third kappa shape index (κ3) is 1.88. The second-order valence-electron chi connectivity index (χ2n) is 2.44. The van der Waals surface area contributed by atoms with Gasteiger partial charge in [0, 0.05) is 9.13 Å². The van der Waals surface area contributed by atoms with Crippen LogP contribution < -0.4 is 5.84 Å². The number of nitrogens with zero attached hydrogens (tertiary/aromatic N) is 1. The number of aromatic hydroxyl groups is 1. The van der Waals surface area contributed by atoms with Crippen LogP contribution in [-0.2, 0) is 0 Å². The van der Waals surface area contributed by atoms with Crippen molar-refractivity contribution in [2.45, 2.75) is 6.92 Å². The summed E-state index contributed by atoms with van der Waals surface area (Å²) in [5.74, 6) is 5.23. The molecule has 0 spiro atoms. The molecule has 0 unspecified atom stereocenters. The van der Waals surface area contributed by atoms with Gasteiger partial charge in [-0.25, -0.2) is 0 Å². The van der Waals surface area contributed by atoms with Crippen molar-refractivity contribution in [1.29, 1.82) is 0 Å². The Hall–Kier alpha value is -0.780. The van der Waals surface area contributed by atoms with Crippen LogP contribution in [0.1, 0.15) is 11.1 Å². The molecule has 0 bridgehead atoms. The third-order valence-corrected chi connectivity index (χ3v) is 2.13. The molecular weight excluding hydrogens is 267 g/mol. The lowest BCUT2D eigenvalue weighted by Crippen LogP contribution is -1.90. The summed E-state index contributed by atoms with van der Waals surface area (Å²) in [5.41, 5.74) is 1.48. The number of benzene rings is 1. The van der Waals surface area contributed by atoms with E-state index < -0.39 is 0 Å². The normalized spacial score (nSPS) is 10.8. The minimum atomic E-state index is 0.240. The van der Waals surface area contributed by atoms with Crippen molar-refractivity contribution >= 4 is 28.8 Å². The fourth-order valence-electron chi connectivity index (χ4n) is 0.940. The molecule has 0 aliphatic carbocycles. The zero-order chi connectivity index (χ0) is 9.14. The van der Waals surface area contributed by atoms with Crippen LogP contribution in [0.5, 0.6) is 5.75 Å². The number of nitrogens with two attached hydrogens (primary N) is 1. The zero-order valence-corrected chi connectivity index (χ0v) is 8.74. The zero-order valence-electron chi connectivity index (χ0n) is 6.58. The van der Waals surface area contributed by atoms with Crippen LogP contribution in [0.2, 0.25) is 0 Å². The number of halogens is 1. The van der Waals surface area contributed by atoms with E-state index in [-0.39, 0.29) is 5.75 Å². The van der Waals surface area contributed by atoms with Gasteiger partial charge in [-0.05, 0) is 47.2 Å². The Morgan fingerprint density at radius 3 is 2.83 bits per heavy atom. The lowest BCUT2D eigenvalue weighted by atomic mass is 10.1. The Morgan fingerprint density at radius 1 is 1.58 bits per heavy atom. The Labute approximate surface area is 84.4 Å². The Kier molecular flexibility index (Phi) is 2.91. The summed E-state index contributed by atoms with van der Waals surface area (Å²) in [7, 11) is 0. The lowest BCUT2D eigenvalue weighted by Gasteiger charge is -2.02. The number of aryl methyl sites for hydroxylation is 1. The molecule has 0 radical (unpaired) electrons. The maximum atomic E-state index is 9.50. The maximum Gasteiger partial charge on any atom is 0.127 e. The van der Waals surface area contributed by atoms with E-state index in [1.165, 1.54) is 6.21 Å². The highest BCUT2D eigenvalue weighted by atomic mass is 127. The quantitative estimate of drug-likeness (QED) is 0.354. The molecule has 0 heterocycles. The molecule has 3 nitrogen and oxygen atoms in total. The first-order valence-corrected chi connectivity index (χ1v) is 4.45. The summed E-state index contributed by atoms with van der Waals surface area (Å²) in [5, 5.41) is 12.9. The molecule has 1 rings (SSSR count). The van der Waals surface area contributed by atoms with Crippen molar-refractivity contribution in [3.63, 3.8) is 0 Å². The second kappa shape index (κ2) is 3.75. The number of phenols is 1. The summed E-state index contributed by atoms with van der Waals surface area (Å²) in [6.07, 6.45) is 1.44. The summed E-state index contributed by atoms with van der Waals surface area (Å²) in [6, 6.07) is 3.71. The van der Waals surface area contributed by atoms with Gasteiger partial charge in [-0.2, -0.15) is 5.10 Å². The van der Waals surface area contributed by atoms with Gasteiger partial charge < -0.3 is 10.9 Å². The van der Waals surface area contributed by atoms with Gasteiger partial charge in [0.05, 0.1) is 6.21 Å². The highest BCUT2D eigenvalue weighted by molar-refractivity contribution is 14.1. The van der Waals surface area contributed by atoms with E-state index in [1.54, 1.807) is 0 Å². The molecular formula is C8H9IN2O. The molecule has 12 heavy (non-hydrogen) atoms. The first-order valence-electron chi connectivity index (χ1n) is 3.37. The van der Waals surface area contributed by atoms with Crippen LogP contribution >= 0.6 is 22.6 Å². The molecule has 64 valence electrons. The van der Waals surface area contributed by atoms with E-state index in [1.807, 2.05) is 19.1 Å². The summed E-state index contributed by atoms with van der Waals surface area (Å²) in [4.78, 5) is 0. The number of phenolic OH excluding ortho intramolecular Hbond substituents is 1. The lowest BCUT2D eigenvalue weighted by molar-refractivity contribution is 0.470. The Morgan fingerprint density at radius 2 is 2.25 bits per heavy atom. The van der Waals surface area contributed by atoms with Crippen molar-refractivity contribution < 1.29 is 5.11 Å². The van der Waals surface area contributed by atoms with E-state index in [4.69, 9.17) is 5.84 Å². The first kappa shape index (κ1) is 9.31. The van der Waals surface area contributed by atoms with Crippen molar-refractivity contribution in [2.24, 2.45) is 10.9 Å². The van der Waals surface area contributed by atoms with E-state index >= 15 is 0 Å². The van der Waals surface area contributed by atoms with Gasteiger partial charge in [0.25, 0.3) is 0 Å².